The summed E-state index contributed by atoms with van der Waals surface area (Å²) in [4.78, 5) is 13.3. The number of carbonyl (C=O) groups is 1. The van der Waals surface area contributed by atoms with Crippen molar-refractivity contribution in [3.05, 3.63) is 29.8 Å². The molecule has 1 rings (SSSR count). The van der Waals surface area contributed by atoms with Crippen molar-refractivity contribution in [3.8, 4) is 0 Å². The normalized spacial score (nSPS) is 12.0. The van der Waals surface area contributed by atoms with Gasteiger partial charge in [0.1, 0.15) is 0 Å². The van der Waals surface area contributed by atoms with Gasteiger partial charge in [0.15, 0.2) is 0 Å². The molecule has 0 saturated carbocycles. The fraction of sp³-hybridized carbons (Fsp3) is 0.462. The Morgan fingerprint density at radius 3 is 2.47 bits per heavy atom. The van der Waals surface area contributed by atoms with Gasteiger partial charge in [-0.3, -0.25) is 4.79 Å². The Morgan fingerprint density at radius 2 is 2.00 bits per heavy atom. The predicted octanol–water partition coefficient (Wildman–Crippen LogP) is 1.31. The van der Waals surface area contributed by atoms with E-state index in [1.165, 1.54) is 0 Å². The van der Waals surface area contributed by atoms with Crippen molar-refractivity contribution in [3.63, 3.8) is 0 Å². The lowest BCUT2D eigenvalue weighted by Crippen LogP contribution is -2.34. The maximum Gasteiger partial charge on any atom is 0.239 e. The number of nitrogens with one attached hydrogen (secondary N) is 1. The number of hydrogen-bond acceptors (Lipinski definition) is 3. The van der Waals surface area contributed by atoms with Gasteiger partial charge in [-0.05, 0) is 31.5 Å². The molecule has 4 heteroatoms. The van der Waals surface area contributed by atoms with Crippen molar-refractivity contribution in [2.75, 3.05) is 25.0 Å². The van der Waals surface area contributed by atoms with E-state index in [-0.39, 0.29) is 5.91 Å². The molecule has 0 radical (unpaired) electrons. The summed E-state index contributed by atoms with van der Waals surface area (Å²) in [5.74, 6) is 0.00889. The largest absolute Gasteiger partial charge is 0.389 e. The molecule has 0 fully saturated rings. The van der Waals surface area contributed by atoms with Crippen molar-refractivity contribution in [2.24, 2.45) is 0 Å². The maximum absolute atomic E-state index is 11.4. The Hall–Kier alpha value is -1.55. The molecule has 0 aliphatic heterocycles. The van der Waals surface area contributed by atoms with Crippen LogP contribution in [0.3, 0.4) is 0 Å². The van der Waals surface area contributed by atoms with Crippen LogP contribution >= 0.6 is 0 Å². The molecule has 0 heterocycles. The van der Waals surface area contributed by atoms with Crippen molar-refractivity contribution >= 4 is 11.6 Å². The first-order valence-corrected chi connectivity index (χ1v) is 5.80. The molecule has 1 aromatic carbocycles. The van der Waals surface area contributed by atoms with Crippen LogP contribution in [0.25, 0.3) is 0 Å². The van der Waals surface area contributed by atoms with Crippen LogP contribution in [0.4, 0.5) is 5.69 Å². The molecule has 1 atom stereocenters. The number of nitrogens with zero attached hydrogens (tertiary/aromatic N) is 1. The summed E-state index contributed by atoms with van der Waals surface area (Å²) < 4.78 is 0. The molecule has 94 valence electrons. The van der Waals surface area contributed by atoms with Crippen LogP contribution in [0.1, 0.15) is 25.5 Å². The van der Waals surface area contributed by atoms with E-state index in [9.17, 15) is 9.90 Å². The van der Waals surface area contributed by atoms with Gasteiger partial charge in [-0.2, -0.15) is 0 Å². The minimum absolute atomic E-state index is 0.00889. The average molecular weight is 236 g/mol. The summed E-state index contributed by atoms with van der Waals surface area (Å²) in [6.07, 6.45) is -0.460. The lowest BCUT2D eigenvalue weighted by molar-refractivity contribution is -0.119. The van der Waals surface area contributed by atoms with Crippen molar-refractivity contribution in [2.45, 2.75) is 20.0 Å². The standard InChI is InChI=1S/C13H20N2O2/c1-4-14-13(17)9-15(3)12-7-5-11(6-8-12)10(2)16/h5-8,10,16H,4,9H2,1-3H3,(H,14,17). The molecule has 1 amide bonds. The third-order valence-electron chi connectivity index (χ3n) is 2.57. The van der Waals surface area contributed by atoms with E-state index >= 15 is 0 Å². The summed E-state index contributed by atoms with van der Waals surface area (Å²) in [6, 6.07) is 7.55. The molecule has 0 aliphatic carbocycles. The fourth-order valence-corrected chi connectivity index (χ4v) is 1.57. The first-order chi connectivity index (χ1) is 8.04. The first-order valence-electron chi connectivity index (χ1n) is 5.80. The van der Waals surface area contributed by atoms with Crippen molar-refractivity contribution in [1.82, 2.24) is 5.32 Å². The van der Waals surface area contributed by atoms with Crippen LogP contribution in [0.15, 0.2) is 24.3 Å². The number of hydrogen-bond donors (Lipinski definition) is 2. The Bertz CT molecular complexity index is 360. The highest BCUT2D eigenvalue weighted by Gasteiger charge is 2.07. The Morgan fingerprint density at radius 1 is 1.41 bits per heavy atom. The second-order valence-electron chi connectivity index (χ2n) is 4.08. The van der Waals surface area contributed by atoms with Crippen LogP contribution < -0.4 is 10.2 Å². The number of carbonyl (C=O) groups excluding carboxylic acids is 1. The van der Waals surface area contributed by atoms with E-state index in [4.69, 9.17) is 0 Å². The molecule has 0 aromatic heterocycles. The highest BCUT2D eigenvalue weighted by atomic mass is 16.3. The number of aliphatic hydroxyl groups excluding tert-OH is 1. The monoisotopic (exact) mass is 236 g/mol. The van der Waals surface area contributed by atoms with Crippen LogP contribution in [-0.4, -0.2) is 31.2 Å². The van der Waals surface area contributed by atoms with Gasteiger partial charge < -0.3 is 15.3 Å². The SMILES string of the molecule is CCNC(=O)CN(C)c1ccc(C(C)O)cc1. The zero-order chi connectivity index (χ0) is 12.8. The van der Waals surface area contributed by atoms with E-state index < -0.39 is 6.10 Å². The third-order valence-corrected chi connectivity index (χ3v) is 2.57. The first kappa shape index (κ1) is 13.5. The second-order valence-corrected chi connectivity index (χ2v) is 4.08. The zero-order valence-corrected chi connectivity index (χ0v) is 10.6. The summed E-state index contributed by atoms with van der Waals surface area (Å²) in [7, 11) is 1.87. The van der Waals surface area contributed by atoms with Crippen LogP contribution in [-0.2, 0) is 4.79 Å². The second kappa shape index (κ2) is 6.25. The molecular formula is C13H20N2O2. The van der Waals surface area contributed by atoms with Gasteiger partial charge in [-0.15, -0.1) is 0 Å². The minimum Gasteiger partial charge on any atom is -0.389 e. The molecule has 4 nitrogen and oxygen atoms in total. The topological polar surface area (TPSA) is 52.6 Å². The van der Waals surface area contributed by atoms with Gasteiger partial charge in [-0.1, -0.05) is 12.1 Å². The van der Waals surface area contributed by atoms with Gasteiger partial charge in [0.05, 0.1) is 12.6 Å². The van der Waals surface area contributed by atoms with E-state index in [1.54, 1.807) is 6.92 Å². The summed E-state index contributed by atoms with van der Waals surface area (Å²) in [5, 5.41) is 12.1. The van der Waals surface area contributed by atoms with E-state index in [0.29, 0.717) is 13.1 Å². The van der Waals surface area contributed by atoms with Gasteiger partial charge in [0.2, 0.25) is 5.91 Å². The highest BCUT2D eigenvalue weighted by molar-refractivity contribution is 5.81. The molecule has 1 unspecified atom stereocenters. The molecule has 0 saturated heterocycles. The van der Waals surface area contributed by atoms with E-state index in [1.807, 2.05) is 43.1 Å². The van der Waals surface area contributed by atoms with Crippen LogP contribution in [0.2, 0.25) is 0 Å². The quantitative estimate of drug-likeness (QED) is 0.810. The molecule has 0 spiro atoms. The molecule has 1 aromatic rings. The summed E-state index contributed by atoms with van der Waals surface area (Å²) in [5.41, 5.74) is 1.83. The molecule has 17 heavy (non-hydrogen) atoms. The molecular weight excluding hydrogens is 216 g/mol. The van der Waals surface area contributed by atoms with Gasteiger partial charge >= 0.3 is 0 Å². The Kier molecular flexibility index (Phi) is 4.97. The fourth-order valence-electron chi connectivity index (χ4n) is 1.57. The Balaban J connectivity index is 2.63. The maximum atomic E-state index is 11.4. The van der Waals surface area contributed by atoms with Gasteiger partial charge in [0.25, 0.3) is 0 Å². The summed E-state index contributed by atoms with van der Waals surface area (Å²) in [6.45, 7) is 4.61. The smallest absolute Gasteiger partial charge is 0.239 e. The predicted molar refractivity (Wildman–Crippen MR) is 69.0 cm³/mol. The van der Waals surface area contributed by atoms with E-state index in [0.717, 1.165) is 11.3 Å². The third kappa shape index (κ3) is 4.07. The van der Waals surface area contributed by atoms with Crippen molar-refractivity contribution in [1.29, 1.82) is 0 Å². The lowest BCUT2D eigenvalue weighted by atomic mass is 10.1. The van der Waals surface area contributed by atoms with Crippen LogP contribution in [0.5, 0.6) is 0 Å². The number of rotatable bonds is 5. The van der Waals surface area contributed by atoms with Gasteiger partial charge in [0, 0.05) is 19.3 Å². The number of anilines is 1. The number of aliphatic hydroxyl groups is 1. The lowest BCUT2D eigenvalue weighted by Gasteiger charge is -2.19. The molecule has 0 aliphatic rings. The van der Waals surface area contributed by atoms with Crippen molar-refractivity contribution < 1.29 is 9.90 Å². The van der Waals surface area contributed by atoms with Gasteiger partial charge in [-0.25, -0.2) is 0 Å². The van der Waals surface area contributed by atoms with Crippen LogP contribution in [0, 0.1) is 0 Å². The number of benzene rings is 1. The number of amides is 1. The molecule has 0 bridgehead atoms. The zero-order valence-electron chi connectivity index (χ0n) is 10.6. The highest BCUT2D eigenvalue weighted by Crippen LogP contribution is 2.17. The number of likely N-dealkylation sites (N-methyl/N-ethyl adjacent to an activating group) is 2. The average Bonchev–Trinajstić information content (AvgIpc) is 2.29. The minimum atomic E-state index is -0.460. The Labute approximate surface area is 102 Å². The summed E-state index contributed by atoms with van der Waals surface area (Å²) >= 11 is 0. The van der Waals surface area contributed by atoms with E-state index in [2.05, 4.69) is 5.32 Å². The molecule has 2 N–H and O–H groups in total.